The molecule has 0 bridgehead atoms. The molecule has 4 heteroatoms. The first-order valence-corrected chi connectivity index (χ1v) is 19.0. The molecule has 6 aromatic carbocycles. The Morgan fingerprint density at radius 1 is 0.296 bits per heavy atom. The molecule has 6 rings (SSSR count). The first-order valence-electron chi connectivity index (χ1n) is 19.0. The highest BCUT2D eigenvalue weighted by Crippen LogP contribution is 2.39. The number of hydrogen-bond acceptors (Lipinski definition) is 4. The molecule has 54 heavy (non-hydrogen) atoms. The maximum atomic E-state index is 2.29. The second-order valence-electron chi connectivity index (χ2n) is 15.4. The molecule has 0 N–H and O–H groups in total. The van der Waals surface area contributed by atoms with Crippen molar-refractivity contribution < 1.29 is 0 Å². The standard InChI is InChI=1S/2C25H30N2/c2*1-18-16-21(26(3)4)12-14-23(18)25(20-10-8-7-9-11-20)24-15-13-22(27(5)6)17-19(24)2/h2*7-17,25H,1-6H3. The van der Waals surface area contributed by atoms with Crippen LogP contribution in [0.25, 0.3) is 0 Å². The molecule has 6 aromatic rings. The molecular formula is C50H60N4. The van der Waals surface area contributed by atoms with Crippen molar-refractivity contribution in [2.24, 2.45) is 0 Å². The number of anilines is 4. The molecule has 0 aliphatic carbocycles. The molecule has 0 unspecified atom stereocenters. The Labute approximate surface area is 326 Å². The van der Waals surface area contributed by atoms with Gasteiger partial charge in [0.05, 0.1) is 0 Å². The maximum Gasteiger partial charge on any atom is 0.0363 e. The molecule has 0 atom stereocenters. The lowest BCUT2D eigenvalue weighted by molar-refractivity contribution is 0.945. The second kappa shape index (κ2) is 17.6. The van der Waals surface area contributed by atoms with E-state index in [0.717, 1.165) is 0 Å². The third-order valence-electron chi connectivity index (χ3n) is 10.6. The van der Waals surface area contributed by atoms with Crippen LogP contribution in [-0.4, -0.2) is 56.4 Å². The number of rotatable bonds is 10. The van der Waals surface area contributed by atoms with Gasteiger partial charge < -0.3 is 19.6 Å². The van der Waals surface area contributed by atoms with E-state index in [-0.39, 0.29) is 11.8 Å². The zero-order valence-electron chi connectivity index (χ0n) is 34.6. The van der Waals surface area contributed by atoms with Gasteiger partial charge in [-0.1, -0.05) is 84.9 Å². The van der Waals surface area contributed by atoms with Gasteiger partial charge in [0.15, 0.2) is 0 Å². The molecule has 0 saturated carbocycles. The van der Waals surface area contributed by atoms with E-state index < -0.39 is 0 Å². The van der Waals surface area contributed by atoms with Gasteiger partial charge in [0, 0.05) is 91.0 Å². The molecular weight excluding hydrogens is 657 g/mol. The summed E-state index contributed by atoms with van der Waals surface area (Å²) >= 11 is 0. The molecule has 0 spiro atoms. The van der Waals surface area contributed by atoms with E-state index in [9.17, 15) is 0 Å². The highest BCUT2D eigenvalue weighted by atomic mass is 15.1. The normalized spacial score (nSPS) is 10.9. The fourth-order valence-electron chi connectivity index (χ4n) is 7.39. The van der Waals surface area contributed by atoms with Crippen LogP contribution in [0, 0.1) is 27.7 Å². The fourth-order valence-corrected chi connectivity index (χ4v) is 7.39. The Balaban J connectivity index is 0.000000208. The Hall–Kier alpha value is -5.48. The van der Waals surface area contributed by atoms with E-state index in [2.05, 4.69) is 237 Å². The van der Waals surface area contributed by atoms with Crippen LogP contribution < -0.4 is 19.6 Å². The minimum absolute atomic E-state index is 0.235. The van der Waals surface area contributed by atoms with Crippen LogP contribution in [0.1, 0.15) is 67.5 Å². The van der Waals surface area contributed by atoms with Crippen molar-refractivity contribution >= 4 is 22.7 Å². The van der Waals surface area contributed by atoms with E-state index in [1.807, 2.05) is 0 Å². The lowest BCUT2D eigenvalue weighted by Gasteiger charge is -2.25. The van der Waals surface area contributed by atoms with Crippen molar-refractivity contribution in [2.75, 3.05) is 76.0 Å². The summed E-state index contributed by atoms with van der Waals surface area (Å²) in [7, 11) is 16.7. The first-order chi connectivity index (χ1) is 25.8. The highest BCUT2D eigenvalue weighted by Gasteiger charge is 2.22. The fraction of sp³-hybridized carbons (Fsp3) is 0.280. The minimum atomic E-state index is 0.235. The molecule has 0 aliphatic heterocycles. The largest absolute Gasteiger partial charge is 0.378 e. The van der Waals surface area contributed by atoms with Crippen molar-refractivity contribution in [1.29, 1.82) is 0 Å². The predicted molar refractivity (Wildman–Crippen MR) is 237 cm³/mol. The average Bonchev–Trinajstić information content (AvgIpc) is 3.15. The van der Waals surface area contributed by atoms with Gasteiger partial charge in [0.25, 0.3) is 0 Å². The molecule has 0 aliphatic rings. The lowest BCUT2D eigenvalue weighted by atomic mass is 9.81. The smallest absolute Gasteiger partial charge is 0.0363 e. The Morgan fingerprint density at radius 2 is 0.519 bits per heavy atom. The van der Waals surface area contributed by atoms with Crippen molar-refractivity contribution in [1.82, 2.24) is 0 Å². The summed E-state index contributed by atoms with van der Waals surface area (Å²) in [6.07, 6.45) is 0. The molecule has 280 valence electrons. The van der Waals surface area contributed by atoms with Crippen molar-refractivity contribution in [2.45, 2.75) is 39.5 Å². The van der Waals surface area contributed by atoms with E-state index in [0.29, 0.717) is 0 Å². The first kappa shape index (κ1) is 39.7. The SMILES string of the molecule is Cc1cc(N(C)C)ccc1C(c1ccccc1)c1ccc(N(C)C)cc1C.Cc1cc(N(C)C)ccc1C(c1ccccc1)c1ccc(N(C)C)cc1C. The molecule has 0 aromatic heterocycles. The molecule has 0 saturated heterocycles. The summed E-state index contributed by atoms with van der Waals surface area (Å²) < 4.78 is 0. The Morgan fingerprint density at radius 3 is 0.704 bits per heavy atom. The quantitative estimate of drug-likeness (QED) is 0.131. The van der Waals surface area contributed by atoms with Crippen LogP contribution in [0.3, 0.4) is 0 Å². The number of nitrogens with zero attached hydrogens (tertiary/aromatic N) is 4. The topological polar surface area (TPSA) is 13.0 Å². The molecule has 0 amide bonds. The zero-order chi connectivity index (χ0) is 39.1. The monoisotopic (exact) mass is 716 g/mol. The van der Waals surface area contributed by atoms with E-state index in [4.69, 9.17) is 0 Å². The van der Waals surface area contributed by atoms with Gasteiger partial charge in [0.2, 0.25) is 0 Å². The van der Waals surface area contributed by atoms with Gasteiger partial charge >= 0.3 is 0 Å². The maximum absolute atomic E-state index is 2.29. The van der Waals surface area contributed by atoms with Gasteiger partial charge in [-0.05, 0) is 132 Å². The zero-order valence-corrected chi connectivity index (χ0v) is 34.6. The van der Waals surface area contributed by atoms with Crippen LogP contribution in [-0.2, 0) is 0 Å². The molecule has 0 fully saturated rings. The van der Waals surface area contributed by atoms with Crippen LogP contribution >= 0.6 is 0 Å². The summed E-state index contributed by atoms with van der Waals surface area (Å²) in [5.41, 5.74) is 18.4. The second-order valence-corrected chi connectivity index (χ2v) is 15.4. The number of hydrogen-bond donors (Lipinski definition) is 0. The summed E-state index contributed by atoms with van der Waals surface area (Å²) in [6, 6.07) is 48.9. The lowest BCUT2D eigenvalue weighted by Crippen LogP contribution is -2.12. The van der Waals surface area contributed by atoms with Gasteiger partial charge in [0.1, 0.15) is 0 Å². The summed E-state index contributed by atoms with van der Waals surface area (Å²) in [6.45, 7) is 8.90. The third kappa shape index (κ3) is 9.17. The van der Waals surface area contributed by atoms with Crippen molar-refractivity contribution in [3.05, 3.63) is 189 Å². The summed E-state index contributed by atoms with van der Waals surface area (Å²) in [4.78, 5) is 8.63. The van der Waals surface area contributed by atoms with Gasteiger partial charge in [-0.2, -0.15) is 0 Å². The highest BCUT2D eigenvalue weighted by molar-refractivity contribution is 5.60. The molecule has 4 nitrogen and oxygen atoms in total. The van der Waals surface area contributed by atoms with Crippen molar-refractivity contribution in [3.8, 4) is 0 Å². The summed E-state index contributed by atoms with van der Waals surface area (Å²) in [5, 5.41) is 0. The number of aryl methyl sites for hydroxylation is 4. The molecule has 0 radical (unpaired) electrons. The predicted octanol–water partition coefficient (Wildman–Crippen LogP) is 11.2. The van der Waals surface area contributed by atoms with E-state index >= 15 is 0 Å². The van der Waals surface area contributed by atoms with Gasteiger partial charge in [-0.25, -0.2) is 0 Å². The van der Waals surface area contributed by atoms with E-state index in [1.165, 1.54) is 78.4 Å². The van der Waals surface area contributed by atoms with Gasteiger partial charge in [-0.15, -0.1) is 0 Å². The van der Waals surface area contributed by atoms with Crippen LogP contribution in [0.5, 0.6) is 0 Å². The van der Waals surface area contributed by atoms with Crippen LogP contribution in [0.15, 0.2) is 133 Å². The van der Waals surface area contributed by atoms with Crippen LogP contribution in [0.4, 0.5) is 22.7 Å². The average molecular weight is 717 g/mol. The third-order valence-corrected chi connectivity index (χ3v) is 10.6. The number of benzene rings is 6. The summed E-state index contributed by atoms with van der Waals surface area (Å²) in [5.74, 6) is 0.470. The molecule has 0 heterocycles. The Kier molecular flexibility index (Phi) is 12.9. The van der Waals surface area contributed by atoms with Gasteiger partial charge in [-0.3, -0.25) is 0 Å². The van der Waals surface area contributed by atoms with E-state index in [1.54, 1.807) is 0 Å². The van der Waals surface area contributed by atoms with Crippen LogP contribution in [0.2, 0.25) is 0 Å². The minimum Gasteiger partial charge on any atom is -0.378 e. The Bertz CT molecular complexity index is 1860. The van der Waals surface area contributed by atoms with Crippen molar-refractivity contribution in [3.63, 3.8) is 0 Å².